The number of non-ortho nitro benzene ring substituents is 1. The lowest BCUT2D eigenvalue weighted by Crippen LogP contribution is -2.47. The lowest BCUT2D eigenvalue weighted by molar-refractivity contribution is -0.384. The number of fused-ring (bicyclic) bond motifs is 2. The van der Waals surface area contributed by atoms with Gasteiger partial charge in [0.25, 0.3) is 5.69 Å². The van der Waals surface area contributed by atoms with E-state index in [2.05, 4.69) is 35.8 Å². The molecule has 194 valence electrons. The van der Waals surface area contributed by atoms with Crippen molar-refractivity contribution >= 4 is 11.4 Å². The third kappa shape index (κ3) is 5.13. The molecule has 0 aliphatic carbocycles. The fourth-order valence-corrected chi connectivity index (χ4v) is 5.93. The van der Waals surface area contributed by atoms with Gasteiger partial charge in [0.1, 0.15) is 0 Å². The van der Waals surface area contributed by atoms with E-state index in [1.165, 1.54) is 16.7 Å². The van der Waals surface area contributed by atoms with Crippen LogP contribution in [-0.4, -0.2) is 52.2 Å². The molecule has 0 saturated carbocycles. The minimum Gasteiger partial charge on any atom is -0.399 e. The molecule has 6 rings (SSSR count). The summed E-state index contributed by atoms with van der Waals surface area (Å²) in [6, 6.07) is 11.5. The van der Waals surface area contributed by atoms with Gasteiger partial charge in [-0.25, -0.2) is 0 Å². The van der Waals surface area contributed by atoms with Gasteiger partial charge in [-0.2, -0.15) is 0 Å². The lowest BCUT2D eigenvalue weighted by atomic mass is 9.90. The van der Waals surface area contributed by atoms with E-state index in [9.17, 15) is 10.1 Å². The van der Waals surface area contributed by atoms with Gasteiger partial charge >= 0.3 is 0 Å². The molecule has 4 aliphatic heterocycles. The van der Waals surface area contributed by atoms with E-state index in [-0.39, 0.29) is 16.1 Å². The largest absolute Gasteiger partial charge is 0.399 e. The molecule has 4 aliphatic rings. The summed E-state index contributed by atoms with van der Waals surface area (Å²) in [6.07, 6.45) is 4.33. The Morgan fingerprint density at radius 2 is 1.19 bits per heavy atom. The minimum absolute atomic E-state index is 0.159. The van der Waals surface area contributed by atoms with Crippen molar-refractivity contribution in [1.29, 1.82) is 0 Å². The van der Waals surface area contributed by atoms with Gasteiger partial charge in [-0.15, -0.1) is 0 Å². The second kappa shape index (κ2) is 10.1. The van der Waals surface area contributed by atoms with E-state index < -0.39 is 0 Å². The molecule has 8 heteroatoms. The highest BCUT2D eigenvalue weighted by atomic mass is 16.6. The molecular formula is C28H38N4O4. The number of nitro groups is 1. The number of nitrogens with two attached hydrogens (primary N) is 1. The zero-order valence-corrected chi connectivity index (χ0v) is 21.5. The number of nitrogen functional groups attached to an aromatic ring is 1. The molecule has 0 spiro atoms. The average molecular weight is 495 g/mol. The summed E-state index contributed by atoms with van der Waals surface area (Å²) in [7, 11) is 0. The second-order valence-corrected chi connectivity index (χ2v) is 11.2. The molecule has 0 radical (unpaired) electrons. The van der Waals surface area contributed by atoms with E-state index in [0.717, 1.165) is 89.5 Å². The molecule has 4 heterocycles. The molecule has 0 aromatic heterocycles. The van der Waals surface area contributed by atoms with Crippen LogP contribution in [0.3, 0.4) is 0 Å². The van der Waals surface area contributed by atoms with Crippen LogP contribution in [0.2, 0.25) is 0 Å². The Morgan fingerprint density at radius 1 is 0.750 bits per heavy atom. The molecule has 0 bridgehead atoms. The van der Waals surface area contributed by atoms with Gasteiger partial charge in [0.2, 0.25) is 0 Å². The van der Waals surface area contributed by atoms with Crippen molar-refractivity contribution in [2.24, 2.45) is 0 Å². The first kappa shape index (κ1) is 25.1. The molecule has 2 fully saturated rings. The average Bonchev–Trinajstić information content (AvgIpc) is 3.50. The highest BCUT2D eigenvalue weighted by Gasteiger charge is 2.38. The summed E-state index contributed by atoms with van der Waals surface area (Å²) < 4.78 is 10.9. The Hall–Kier alpha value is -2.52. The van der Waals surface area contributed by atoms with E-state index in [1.54, 1.807) is 12.1 Å². The summed E-state index contributed by atoms with van der Waals surface area (Å²) in [5.74, 6) is 0. The van der Waals surface area contributed by atoms with Gasteiger partial charge in [-0.05, 0) is 73.9 Å². The summed E-state index contributed by atoms with van der Waals surface area (Å²) in [5, 5.41) is 10.8. The predicted octanol–water partition coefficient (Wildman–Crippen LogP) is 4.63. The second-order valence-electron chi connectivity index (χ2n) is 11.2. The highest BCUT2D eigenvalue weighted by molar-refractivity contribution is 5.46. The summed E-state index contributed by atoms with van der Waals surface area (Å²) in [5.41, 5.74) is 12.5. The normalized spacial score (nSPS) is 22.8. The van der Waals surface area contributed by atoms with Crippen molar-refractivity contribution < 1.29 is 14.4 Å². The van der Waals surface area contributed by atoms with Crippen molar-refractivity contribution in [3.8, 4) is 0 Å². The summed E-state index contributed by atoms with van der Waals surface area (Å²) >= 11 is 0. The number of ether oxygens (including phenoxy) is 2. The van der Waals surface area contributed by atoms with Crippen molar-refractivity contribution in [3.05, 3.63) is 68.8 Å². The fourth-order valence-electron chi connectivity index (χ4n) is 5.93. The van der Waals surface area contributed by atoms with Gasteiger partial charge in [0, 0.05) is 81.5 Å². The molecule has 2 N–H and O–H groups in total. The van der Waals surface area contributed by atoms with Crippen LogP contribution in [0.5, 0.6) is 0 Å². The molecule has 2 aromatic carbocycles. The lowest BCUT2D eigenvalue weighted by Gasteiger charge is -2.41. The summed E-state index contributed by atoms with van der Waals surface area (Å²) in [4.78, 5) is 15.5. The van der Waals surface area contributed by atoms with Crippen LogP contribution in [-0.2, 0) is 35.7 Å². The van der Waals surface area contributed by atoms with Gasteiger partial charge in [0.05, 0.1) is 4.92 Å². The standard InChI is InChI=1S/C14H18N2O3.C14H20N2O/c1-14(4-6-19-7-5-14)15-9-11-2-3-13(16(17)18)8-12(11)10-15;1-14(4-6-17-7-5-14)16-9-11-2-3-13(15)8-12(11)10-16/h2-3,8H,4-7,9-10H2,1H3;2-3,8H,4-7,9-10,15H2,1H3. The zero-order chi connectivity index (χ0) is 25.3. The zero-order valence-electron chi connectivity index (χ0n) is 21.5. The SMILES string of the molecule is CC1(N2Cc3ccc(N)cc3C2)CCOCC1.CC1(N2Cc3ccc([N+](=O)[O-])cc3C2)CCOCC1. The molecule has 8 nitrogen and oxygen atoms in total. The van der Waals surface area contributed by atoms with Crippen LogP contribution in [0.15, 0.2) is 36.4 Å². The fraction of sp³-hybridized carbons (Fsp3) is 0.571. The van der Waals surface area contributed by atoms with Crippen LogP contribution in [0.4, 0.5) is 11.4 Å². The van der Waals surface area contributed by atoms with E-state index in [1.807, 2.05) is 12.1 Å². The van der Waals surface area contributed by atoms with Gasteiger partial charge in [-0.1, -0.05) is 12.1 Å². The Bertz CT molecular complexity index is 1110. The molecule has 0 unspecified atom stereocenters. The van der Waals surface area contributed by atoms with Gasteiger partial charge in [-0.3, -0.25) is 19.9 Å². The van der Waals surface area contributed by atoms with Crippen LogP contribution >= 0.6 is 0 Å². The molecule has 2 aromatic rings. The predicted molar refractivity (Wildman–Crippen MR) is 139 cm³/mol. The van der Waals surface area contributed by atoms with Crippen molar-refractivity contribution in [2.45, 2.75) is 76.8 Å². The number of hydrogen-bond acceptors (Lipinski definition) is 7. The van der Waals surface area contributed by atoms with Gasteiger partial charge < -0.3 is 15.2 Å². The third-order valence-corrected chi connectivity index (χ3v) is 8.74. The number of anilines is 1. The number of hydrogen-bond donors (Lipinski definition) is 1. The van der Waals surface area contributed by atoms with Crippen LogP contribution < -0.4 is 5.73 Å². The molecule has 0 amide bonds. The molecule has 36 heavy (non-hydrogen) atoms. The maximum atomic E-state index is 10.8. The van der Waals surface area contributed by atoms with Crippen LogP contribution in [0.1, 0.15) is 61.8 Å². The minimum atomic E-state index is -0.320. The number of nitro benzene ring substituents is 1. The Balaban J connectivity index is 0.000000149. The van der Waals surface area contributed by atoms with Crippen LogP contribution in [0.25, 0.3) is 0 Å². The smallest absolute Gasteiger partial charge is 0.269 e. The monoisotopic (exact) mass is 494 g/mol. The molecular weight excluding hydrogens is 456 g/mol. The van der Waals surface area contributed by atoms with Gasteiger partial charge in [0.15, 0.2) is 0 Å². The molecule has 2 saturated heterocycles. The number of nitrogens with zero attached hydrogens (tertiary/aromatic N) is 3. The van der Waals surface area contributed by atoms with Crippen molar-refractivity contribution in [1.82, 2.24) is 9.80 Å². The van der Waals surface area contributed by atoms with Crippen molar-refractivity contribution in [2.75, 3.05) is 32.2 Å². The van der Waals surface area contributed by atoms with E-state index in [0.29, 0.717) is 5.54 Å². The first-order valence-corrected chi connectivity index (χ1v) is 13.0. The van der Waals surface area contributed by atoms with E-state index in [4.69, 9.17) is 15.2 Å². The Kier molecular flexibility index (Phi) is 7.05. The highest BCUT2D eigenvalue weighted by Crippen LogP contribution is 2.37. The first-order chi connectivity index (χ1) is 17.3. The Labute approximate surface area is 213 Å². The van der Waals surface area contributed by atoms with Crippen LogP contribution in [0, 0.1) is 10.1 Å². The first-order valence-electron chi connectivity index (χ1n) is 13.0. The van der Waals surface area contributed by atoms with Crippen molar-refractivity contribution in [3.63, 3.8) is 0 Å². The number of benzene rings is 2. The quantitative estimate of drug-likeness (QED) is 0.378. The number of rotatable bonds is 3. The van der Waals surface area contributed by atoms with E-state index >= 15 is 0 Å². The maximum Gasteiger partial charge on any atom is 0.269 e. The molecule has 0 atom stereocenters. The Morgan fingerprint density at radius 3 is 1.69 bits per heavy atom. The topological polar surface area (TPSA) is 94.1 Å². The summed E-state index contributed by atoms with van der Waals surface area (Å²) in [6.45, 7) is 11.9. The third-order valence-electron chi connectivity index (χ3n) is 8.74. The maximum absolute atomic E-state index is 10.8.